The first-order valence-corrected chi connectivity index (χ1v) is 6.01. The minimum atomic E-state index is 0.244. The normalized spacial score (nSPS) is 16.0. The summed E-state index contributed by atoms with van der Waals surface area (Å²) in [6.07, 6.45) is 5.01. The summed E-state index contributed by atoms with van der Waals surface area (Å²) in [6.45, 7) is 4.40. The molecule has 0 aromatic heterocycles. The third-order valence-electron chi connectivity index (χ3n) is 2.54. The summed E-state index contributed by atoms with van der Waals surface area (Å²) >= 11 is 0. The van der Waals surface area contributed by atoms with Gasteiger partial charge in [-0.05, 0) is 41.0 Å². The molecule has 0 heterocycles. The molecule has 0 saturated carbocycles. The number of hydrogen-bond acceptors (Lipinski definition) is 3. The quantitative estimate of drug-likeness (QED) is 0.579. The van der Waals surface area contributed by atoms with Crippen molar-refractivity contribution in [1.82, 2.24) is 9.80 Å². The summed E-state index contributed by atoms with van der Waals surface area (Å²) in [6, 6.07) is 0. The summed E-state index contributed by atoms with van der Waals surface area (Å²) < 4.78 is 6.11. The highest BCUT2D eigenvalue weighted by molar-refractivity contribution is 4.60. The fourth-order valence-electron chi connectivity index (χ4n) is 1.57. The van der Waals surface area contributed by atoms with Crippen molar-refractivity contribution in [2.45, 2.75) is 52.0 Å². The van der Waals surface area contributed by atoms with Gasteiger partial charge in [0.2, 0.25) is 0 Å². The molecule has 0 aliphatic heterocycles. The van der Waals surface area contributed by atoms with Crippen molar-refractivity contribution >= 4 is 0 Å². The first-order chi connectivity index (χ1) is 7.02. The van der Waals surface area contributed by atoms with Crippen LogP contribution in [-0.2, 0) is 4.74 Å². The van der Waals surface area contributed by atoms with E-state index in [1.54, 1.807) is 0 Å². The molecule has 0 aliphatic rings. The Bertz CT molecular complexity index is 133. The Morgan fingerprint density at radius 2 is 1.13 bits per heavy atom. The lowest BCUT2D eigenvalue weighted by Crippen LogP contribution is -2.40. The SMILES string of the molecule is CCCC(OC(CCC)N(C)C)N(C)C. The maximum atomic E-state index is 6.11. The molecule has 0 bridgehead atoms. The van der Waals surface area contributed by atoms with Crippen molar-refractivity contribution in [3.63, 3.8) is 0 Å². The standard InChI is InChI=1S/C12H28N2O/c1-7-9-11(13(3)4)15-12(10-8-2)14(5)6/h11-12H,7-10H2,1-6H3. The second kappa shape index (κ2) is 8.08. The zero-order valence-electron chi connectivity index (χ0n) is 11.3. The van der Waals surface area contributed by atoms with E-state index in [0.29, 0.717) is 0 Å². The van der Waals surface area contributed by atoms with Crippen LogP contribution in [0, 0.1) is 0 Å². The van der Waals surface area contributed by atoms with Crippen molar-refractivity contribution in [2.75, 3.05) is 28.2 Å². The van der Waals surface area contributed by atoms with Crippen molar-refractivity contribution in [2.24, 2.45) is 0 Å². The van der Waals surface area contributed by atoms with E-state index in [1.165, 1.54) is 0 Å². The lowest BCUT2D eigenvalue weighted by Gasteiger charge is -2.32. The van der Waals surface area contributed by atoms with Gasteiger partial charge >= 0.3 is 0 Å². The molecular weight excluding hydrogens is 188 g/mol. The molecule has 0 radical (unpaired) electrons. The Morgan fingerprint density at radius 3 is 1.33 bits per heavy atom. The maximum absolute atomic E-state index is 6.11. The first-order valence-electron chi connectivity index (χ1n) is 6.01. The van der Waals surface area contributed by atoms with Crippen LogP contribution in [0.3, 0.4) is 0 Å². The van der Waals surface area contributed by atoms with Gasteiger partial charge in [-0.15, -0.1) is 0 Å². The summed E-state index contributed by atoms with van der Waals surface area (Å²) in [5.74, 6) is 0. The van der Waals surface area contributed by atoms with E-state index in [2.05, 4.69) is 51.8 Å². The highest BCUT2D eigenvalue weighted by atomic mass is 16.5. The molecule has 15 heavy (non-hydrogen) atoms. The van der Waals surface area contributed by atoms with Crippen LogP contribution in [0.4, 0.5) is 0 Å². The minimum Gasteiger partial charge on any atom is -0.345 e. The highest BCUT2D eigenvalue weighted by Crippen LogP contribution is 2.13. The van der Waals surface area contributed by atoms with Crippen LogP contribution < -0.4 is 0 Å². The molecule has 0 saturated heterocycles. The summed E-state index contributed by atoms with van der Waals surface area (Å²) in [5, 5.41) is 0. The van der Waals surface area contributed by atoms with E-state index in [1.807, 2.05) is 0 Å². The molecule has 0 fully saturated rings. The van der Waals surface area contributed by atoms with Gasteiger partial charge < -0.3 is 4.74 Å². The molecule has 2 atom stereocenters. The predicted molar refractivity (Wildman–Crippen MR) is 65.9 cm³/mol. The van der Waals surface area contributed by atoms with Gasteiger partial charge in [-0.1, -0.05) is 26.7 Å². The van der Waals surface area contributed by atoms with Gasteiger partial charge in [-0.2, -0.15) is 0 Å². The van der Waals surface area contributed by atoms with Gasteiger partial charge in [0.15, 0.2) is 0 Å². The zero-order chi connectivity index (χ0) is 11.8. The smallest absolute Gasteiger partial charge is 0.112 e. The molecule has 3 heteroatoms. The lowest BCUT2D eigenvalue weighted by atomic mass is 10.2. The second-order valence-corrected chi connectivity index (χ2v) is 4.55. The lowest BCUT2D eigenvalue weighted by molar-refractivity contribution is -0.137. The molecule has 0 N–H and O–H groups in total. The van der Waals surface area contributed by atoms with E-state index in [0.717, 1.165) is 25.7 Å². The summed E-state index contributed by atoms with van der Waals surface area (Å²) in [5.41, 5.74) is 0. The van der Waals surface area contributed by atoms with E-state index in [4.69, 9.17) is 4.74 Å². The van der Waals surface area contributed by atoms with Gasteiger partial charge in [-0.3, -0.25) is 9.80 Å². The Hall–Kier alpha value is -0.120. The van der Waals surface area contributed by atoms with Gasteiger partial charge in [0.1, 0.15) is 12.5 Å². The second-order valence-electron chi connectivity index (χ2n) is 4.55. The summed E-state index contributed by atoms with van der Waals surface area (Å²) in [4.78, 5) is 4.32. The first kappa shape index (κ1) is 14.9. The molecule has 0 aromatic rings. The monoisotopic (exact) mass is 216 g/mol. The number of hydrogen-bond donors (Lipinski definition) is 0. The largest absolute Gasteiger partial charge is 0.345 e. The number of ether oxygens (including phenoxy) is 1. The van der Waals surface area contributed by atoms with Crippen LogP contribution in [0.15, 0.2) is 0 Å². The summed E-state index contributed by atoms with van der Waals surface area (Å²) in [7, 11) is 8.33. The van der Waals surface area contributed by atoms with Gasteiger partial charge in [0.05, 0.1) is 0 Å². The molecule has 2 unspecified atom stereocenters. The van der Waals surface area contributed by atoms with Crippen LogP contribution in [0.5, 0.6) is 0 Å². The number of rotatable bonds is 8. The minimum absolute atomic E-state index is 0.244. The fraction of sp³-hybridized carbons (Fsp3) is 1.00. The molecule has 0 amide bonds. The average molecular weight is 216 g/mol. The maximum Gasteiger partial charge on any atom is 0.112 e. The van der Waals surface area contributed by atoms with Crippen LogP contribution in [0.2, 0.25) is 0 Å². The molecule has 0 rings (SSSR count). The Labute approximate surface area is 95.4 Å². The van der Waals surface area contributed by atoms with Gasteiger partial charge in [0.25, 0.3) is 0 Å². The van der Waals surface area contributed by atoms with Gasteiger partial charge in [0, 0.05) is 0 Å². The molecular formula is C12H28N2O. The fourth-order valence-corrected chi connectivity index (χ4v) is 1.57. The van der Waals surface area contributed by atoms with E-state index in [9.17, 15) is 0 Å². The van der Waals surface area contributed by atoms with Crippen LogP contribution >= 0.6 is 0 Å². The Balaban J connectivity index is 4.19. The number of nitrogens with zero attached hydrogens (tertiary/aromatic N) is 2. The predicted octanol–water partition coefficient (Wildman–Crippen LogP) is 2.38. The van der Waals surface area contributed by atoms with Crippen LogP contribution in [0.1, 0.15) is 39.5 Å². The average Bonchev–Trinajstić information content (AvgIpc) is 2.15. The van der Waals surface area contributed by atoms with E-state index < -0.39 is 0 Å². The van der Waals surface area contributed by atoms with Crippen LogP contribution in [0.25, 0.3) is 0 Å². The van der Waals surface area contributed by atoms with E-state index >= 15 is 0 Å². The Morgan fingerprint density at radius 1 is 0.800 bits per heavy atom. The molecule has 3 nitrogen and oxygen atoms in total. The van der Waals surface area contributed by atoms with Crippen molar-refractivity contribution in [3.05, 3.63) is 0 Å². The third kappa shape index (κ3) is 6.13. The van der Waals surface area contributed by atoms with Gasteiger partial charge in [-0.25, -0.2) is 0 Å². The van der Waals surface area contributed by atoms with Crippen molar-refractivity contribution in [1.29, 1.82) is 0 Å². The molecule has 0 spiro atoms. The van der Waals surface area contributed by atoms with E-state index in [-0.39, 0.29) is 12.5 Å². The molecule has 92 valence electrons. The molecule has 0 aliphatic carbocycles. The zero-order valence-corrected chi connectivity index (χ0v) is 11.3. The van der Waals surface area contributed by atoms with Crippen molar-refractivity contribution in [3.8, 4) is 0 Å². The highest BCUT2D eigenvalue weighted by Gasteiger charge is 2.18. The molecule has 0 aromatic carbocycles. The van der Waals surface area contributed by atoms with Crippen LogP contribution in [-0.4, -0.2) is 50.4 Å². The van der Waals surface area contributed by atoms with Crippen molar-refractivity contribution < 1.29 is 4.74 Å². The Kier molecular flexibility index (Phi) is 8.02. The third-order valence-corrected chi connectivity index (χ3v) is 2.54. The topological polar surface area (TPSA) is 15.7 Å².